The van der Waals surface area contributed by atoms with Crippen LogP contribution in [0.2, 0.25) is 0 Å². The summed E-state index contributed by atoms with van der Waals surface area (Å²) in [6.07, 6.45) is 2.03. The van der Waals surface area contributed by atoms with Crippen molar-refractivity contribution in [2.45, 2.75) is 26.9 Å². The molecule has 1 N–H and O–H groups in total. The molecule has 0 aliphatic heterocycles. The van der Waals surface area contributed by atoms with E-state index in [0.29, 0.717) is 12.2 Å². The van der Waals surface area contributed by atoms with Crippen LogP contribution in [-0.2, 0) is 13.1 Å². The number of nitrogens with zero attached hydrogens (tertiary/aromatic N) is 1. The third-order valence-corrected chi connectivity index (χ3v) is 2.85. The molecule has 2 rings (SSSR count). The van der Waals surface area contributed by atoms with Gasteiger partial charge in [0, 0.05) is 18.4 Å². The van der Waals surface area contributed by atoms with Gasteiger partial charge in [-0.3, -0.25) is 0 Å². The van der Waals surface area contributed by atoms with E-state index in [2.05, 4.69) is 16.8 Å². The van der Waals surface area contributed by atoms with E-state index in [4.69, 9.17) is 0 Å². The molecule has 0 fully saturated rings. The maximum Gasteiger partial charge on any atom is 0.146 e. The van der Waals surface area contributed by atoms with Crippen molar-refractivity contribution in [3.63, 3.8) is 0 Å². The third kappa shape index (κ3) is 2.67. The largest absolute Gasteiger partial charge is 0.377 e. The standard InChI is InChI=1S/C14H17FN2/c1-3-17-8-4-5-12(17)10-16-14-9-11(2)6-7-13(14)15/h4-9,16H,3,10H2,1-2H3. The van der Waals surface area contributed by atoms with Gasteiger partial charge in [-0.05, 0) is 43.7 Å². The number of nitrogens with one attached hydrogen (secondary N) is 1. The number of benzene rings is 1. The molecule has 0 unspecified atom stereocenters. The van der Waals surface area contributed by atoms with Crippen molar-refractivity contribution in [3.8, 4) is 0 Å². The second-order valence-corrected chi connectivity index (χ2v) is 4.12. The lowest BCUT2D eigenvalue weighted by Crippen LogP contribution is -2.07. The molecule has 0 saturated carbocycles. The number of aromatic nitrogens is 1. The van der Waals surface area contributed by atoms with Crippen molar-refractivity contribution >= 4 is 5.69 Å². The second-order valence-electron chi connectivity index (χ2n) is 4.12. The maximum absolute atomic E-state index is 13.5. The number of hydrogen-bond donors (Lipinski definition) is 1. The molecular formula is C14H17FN2. The molecule has 0 saturated heterocycles. The summed E-state index contributed by atoms with van der Waals surface area (Å²) in [6, 6.07) is 9.15. The fourth-order valence-electron chi connectivity index (χ4n) is 1.88. The van der Waals surface area contributed by atoms with E-state index in [1.54, 1.807) is 6.07 Å². The first kappa shape index (κ1) is 11.7. The molecular weight excluding hydrogens is 215 g/mol. The molecule has 1 heterocycles. The van der Waals surface area contributed by atoms with E-state index < -0.39 is 0 Å². The quantitative estimate of drug-likeness (QED) is 0.852. The highest BCUT2D eigenvalue weighted by atomic mass is 19.1. The molecule has 1 aromatic carbocycles. The lowest BCUT2D eigenvalue weighted by molar-refractivity contribution is 0.628. The van der Waals surface area contributed by atoms with Crippen LogP contribution >= 0.6 is 0 Å². The van der Waals surface area contributed by atoms with Gasteiger partial charge in [-0.25, -0.2) is 4.39 Å². The molecule has 17 heavy (non-hydrogen) atoms. The second kappa shape index (κ2) is 5.04. The first-order chi connectivity index (χ1) is 8.20. The first-order valence-electron chi connectivity index (χ1n) is 5.84. The van der Waals surface area contributed by atoms with Gasteiger partial charge in [0.05, 0.1) is 12.2 Å². The van der Waals surface area contributed by atoms with Crippen LogP contribution in [0.1, 0.15) is 18.2 Å². The molecule has 0 atom stereocenters. The molecule has 90 valence electrons. The normalized spacial score (nSPS) is 10.5. The lowest BCUT2D eigenvalue weighted by atomic mass is 10.2. The Bertz CT molecular complexity index is 503. The molecule has 0 aliphatic rings. The van der Waals surface area contributed by atoms with E-state index in [9.17, 15) is 4.39 Å². The van der Waals surface area contributed by atoms with Crippen LogP contribution in [0.3, 0.4) is 0 Å². The zero-order valence-electron chi connectivity index (χ0n) is 10.2. The molecule has 0 spiro atoms. The SMILES string of the molecule is CCn1cccc1CNc1cc(C)ccc1F. The zero-order valence-corrected chi connectivity index (χ0v) is 10.2. The van der Waals surface area contributed by atoms with Crippen LogP contribution in [0.25, 0.3) is 0 Å². The van der Waals surface area contributed by atoms with Gasteiger partial charge >= 0.3 is 0 Å². The maximum atomic E-state index is 13.5. The van der Waals surface area contributed by atoms with Gasteiger partial charge in [0.1, 0.15) is 5.82 Å². The Morgan fingerprint density at radius 1 is 1.29 bits per heavy atom. The Morgan fingerprint density at radius 3 is 2.88 bits per heavy atom. The van der Waals surface area contributed by atoms with Gasteiger partial charge in [0.15, 0.2) is 0 Å². The van der Waals surface area contributed by atoms with Crippen molar-refractivity contribution in [1.29, 1.82) is 0 Å². The molecule has 2 aromatic rings. The van der Waals surface area contributed by atoms with Gasteiger partial charge in [0.2, 0.25) is 0 Å². The van der Waals surface area contributed by atoms with Crippen molar-refractivity contribution in [1.82, 2.24) is 4.57 Å². The van der Waals surface area contributed by atoms with Gasteiger partial charge in [-0.15, -0.1) is 0 Å². The van der Waals surface area contributed by atoms with Crippen LogP contribution in [0.4, 0.5) is 10.1 Å². The van der Waals surface area contributed by atoms with Crippen molar-refractivity contribution in [2.75, 3.05) is 5.32 Å². The van der Waals surface area contributed by atoms with Crippen LogP contribution in [0, 0.1) is 12.7 Å². The third-order valence-electron chi connectivity index (χ3n) is 2.85. The van der Waals surface area contributed by atoms with E-state index in [1.165, 1.54) is 6.07 Å². The number of hydrogen-bond acceptors (Lipinski definition) is 1. The number of halogens is 1. The molecule has 3 heteroatoms. The molecule has 0 aliphatic carbocycles. The number of rotatable bonds is 4. The van der Waals surface area contributed by atoms with Gasteiger partial charge in [-0.2, -0.15) is 0 Å². The van der Waals surface area contributed by atoms with Crippen LogP contribution in [0.15, 0.2) is 36.5 Å². The Hall–Kier alpha value is -1.77. The summed E-state index contributed by atoms with van der Waals surface area (Å²) in [5.74, 6) is -0.204. The van der Waals surface area contributed by atoms with E-state index >= 15 is 0 Å². The summed E-state index contributed by atoms with van der Waals surface area (Å²) in [4.78, 5) is 0. The van der Waals surface area contributed by atoms with E-state index in [1.807, 2.05) is 31.3 Å². The fraction of sp³-hybridized carbons (Fsp3) is 0.286. The Morgan fingerprint density at radius 2 is 2.12 bits per heavy atom. The van der Waals surface area contributed by atoms with E-state index in [-0.39, 0.29) is 5.82 Å². The monoisotopic (exact) mass is 232 g/mol. The summed E-state index contributed by atoms with van der Waals surface area (Å²) in [5, 5.41) is 3.14. The highest BCUT2D eigenvalue weighted by Crippen LogP contribution is 2.16. The Labute approximate surface area is 101 Å². The zero-order chi connectivity index (χ0) is 12.3. The average molecular weight is 232 g/mol. The predicted molar refractivity (Wildman–Crippen MR) is 68.6 cm³/mol. The van der Waals surface area contributed by atoms with Crippen LogP contribution in [-0.4, -0.2) is 4.57 Å². The molecule has 0 radical (unpaired) electrons. The lowest BCUT2D eigenvalue weighted by Gasteiger charge is -2.10. The number of aryl methyl sites for hydroxylation is 2. The minimum atomic E-state index is -0.204. The topological polar surface area (TPSA) is 17.0 Å². The van der Waals surface area contributed by atoms with Crippen molar-refractivity contribution in [2.24, 2.45) is 0 Å². The number of anilines is 1. The summed E-state index contributed by atoms with van der Waals surface area (Å²) in [7, 11) is 0. The van der Waals surface area contributed by atoms with Gasteiger partial charge < -0.3 is 9.88 Å². The van der Waals surface area contributed by atoms with E-state index in [0.717, 1.165) is 17.8 Å². The summed E-state index contributed by atoms with van der Waals surface area (Å²) < 4.78 is 15.7. The minimum Gasteiger partial charge on any atom is -0.377 e. The molecule has 2 nitrogen and oxygen atoms in total. The van der Waals surface area contributed by atoms with Crippen molar-refractivity contribution in [3.05, 3.63) is 53.6 Å². The predicted octanol–water partition coefficient (Wildman–Crippen LogP) is 3.57. The average Bonchev–Trinajstić information content (AvgIpc) is 2.77. The van der Waals surface area contributed by atoms with Crippen LogP contribution in [0.5, 0.6) is 0 Å². The Balaban J connectivity index is 2.09. The first-order valence-corrected chi connectivity index (χ1v) is 5.84. The highest BCUT2D eigenvalue weighted by Gasteiger charge is 2.03. The summed E-state index contributed by atoms with van der Waals surface area (Å²) in [6.45, 7) is 5.62. The smallest absolute Gasteiger partial charge is 0.146 e. The fourth-order valence-corrected chi connectivity index (χ4v) is 1.88. The van der Waals surface area contributed by atoms with Crippen LogP contribution < -0.4 is 5.32 Å². The Kier molecular flexibility index (Phi) is 3.47. The summed E-state index contributed by atoms with van der Waals surface area (Å²) >= 11 is 0. The molecule has 0 amide bonds. The minimum absolute atomic E-state index is 0.204. The van der Waals surface area contributed by atoms with Crippen molar-refractivity contribution < 1.29 is 4.39 Å². The van der Waals surface area contributed by atoms with Gasteiger partial charge in [-0.1, -0.05) is 6.07 Å². The van der Waals surface area contributed by atoms with Gasteiger partial charge in [0.25, 0.3) is 0 Å². The highest BCUT2D eigenvalue weighted by molar-refractivity contribution is 5.47. The molecule has 0 bridgehead atoms. The summed E-state index contributed by atoms with van der Waals surface area (Å²) in [5.41, 5.74) is 2.78. The molecule has 1 aromatic heterocycles.